The molecule has 0 aromatic heterocycles. The van der Waals surface area contributed by atoms with Crippen LogP contribution < -0.4 is 10.6 Å². The number of nitrogen functional groups attached to an aromatic ring is 1. The van der Waals surface area contributed by atoms with Crippen LogP contribution in [0.5, 0.6) is 0 Å². The highest BCUT2D eigenvalue weighted by Crippen LogP contribution is 2.34. The lowest BCUT2D eigenvalue weighted by Crippen LogP contribution is -2.37. The van der Waals surface area contributed by atoms with Gasteiger partial charge < -0.3 is 10.6 Å². The molecule has 1 aromatic rings. The highest BCUT2D eigenvalue weighted by Gasteiger charge is 2.27. The van der Waals surface area contributed by atoms with Crippen molar-refractivity contribution in [2.45, 2.75) is 38.5 Å². The fourth-order valence-corrected chi connectivity index (χ4v) is 2.96. The molecule has 0 atom stereocenters. The molecule has 0 radical (unpaired) electrons. The number of carbonyl (C=O) groups excluding carboxylic acids is 1. The minimum absolute atomic E-state index is 0.284. The van der Waals surface area contributed by atoms with Crippen LogP contribution in [0.1, 0.15) is 37.7 Å². The van der Waals surface area contributed by atoms with E-state index in [4.69, 9.17) is 5.73 Å². The van der Waals surface area contributed by atoms with Gasteiger partial charge in [-0.1, -0.05) is 12.5 Å². The van der Waals surface area contributed by atoms with Crippen molar-refractivity contribution in [2.75, 3.05) is 17.2 Å². The molecule has 2 aliphatic rings. The summed E-state index contributed by atoms with van der Waals surface area (Å²) in [5.41, 5.74) is 9.04. The van der Waals surface area contributed by atoms with Gasteiger partial charge in [0.1, 0.15) is 0 Å². The molecule has 1 fully saturated rings. The first-order chi connectivity index (χ1) is 8.75. The smallest absolute Gasteiger partial charge is 0.227 e. The molecule has 1 aromatic carbocycles. The van der Waals surface area contributed by atoms with Gasteiger partial charge in [-0.15, -0.1) is 0 Å². The first-order valence-corrected chi connectivity index (χ1v) is 6.93. The summed E-state index contributed by atoms with van der Waals surface area (Å²) >= 11 is 0. The minimum Gasteiger partial charge on any atom is -0.398 e. The molecule has 96 valence electrons. The number of hydrogen-bond acceptors (Lipinski definition) is 2. The molecule has 3 heteroatoms. The maximum absolute atomic E-state index is 12.4. The lowest BCUT2D eigenvalue weighted by Gasteiger charge is -2.33. The second-order valence-corrected chi connectivity index (χ2v) is 5.49. The van der Waals surface area contributed by atoms with Gasteiger partial charge in [-0.2, -0.15) is 0 Å². The Hall–Kier alpha value is -1.51. The van der Waals surface area contributed by atoms with E-state index >= 15 is 0 Å². The molecule has 1 saturated carbocycles. The number of anilines is 2. The Morgan fingerprint density at radius 2 is 2.17 bits per heavy atom. The monoisotopic (exact) mass is 244 g/mol. The van der Waals surface area contributed by atoms with Gasteiger partial charge in [-0.3, -0.25) is 4.79 Å². The minimum atomic E-state index is 0.284. The van der Waals surface area contributed by atoms with Gasteiger partial charge in [-0.25, -0.2) is 0 Å². The van der Waals surface area contributed by atoms with Gasteiger partial charge in [0.25, 0.3) is 0 Å². The third-order valence-corrected chi connectivity index (χ3v) is 4.28. The number of carbonyl (C=O) groups is 1. The second-order valence-electron chi connectivity index (χ2n) is 5.49. The van der Waals surface area contributed by atoms with E-state index < -0.39 is 0 Å². The first-order valence-electron chi connectivity index (χ1n) is 6.93. The van der Waals surface area contributed by atoms with Crippen molar-refractivity contribution in [3.8, 4) is 0 Å². The zero-order valence-corrected chi connectivity index (χ0v) is 10.7. The highest BCUT2D eigenvalue weighted by atomic mass is 16.2. The van der Waals surface area contributed by atoms with Gasteiger partial charge in [0, 0.05) is 24.3 Å². The van der Waals surface area contributed by atoms with Gasteiger partial charge in [0.2, 0.25) is 5.91 Å². The van der Waals surface area contributed by atoms with Crippen molar-refractivity contribution in [2.24, 2.45) is 5.92 Å². The van der Waals surface area contributed by atoms with E-state index in [-0.39, 0.29) is 5.91 Å². The highest BCUT2D eigenvalue weighted by molar-refractivity contribution is 5.95. The molecule has 0 saturated heterocycles. The summed E-state index contributed by atoms with van der Waals surface area (Å²) in [6.45, 7) is 0.849. The van der Waals surface area contributed by atoms with Gasteiger partial charge in [-0.05, 0) is 49.3 Å². The third-order valence-electron chi connectivity index (χ3n) is 4.28. The SMILES string of the molecule is Nc1cccc2c1CCCN2C(=O)CC1CCC1. The van der Waals surface area contributed by atoms with Crippen LogP contribution >= 0.6 is 0 Å². The van der Waals surface area contributed by atoms with E-state index in [9.17, 15) is 4.79 Å². The van der Waals surface area contributed by atoms with Crippen LogP contribution in [0.3, 0.4) is 0 Å². The topological polar surface area (TPSA) is 46.3 Å². The van der Waals surface area contributed by atoms with Gasteiger partial charge in [0.15, 0.2) is 0 Å². The van der Waals surface area contributed by atoms with Crippen LogP contribution in [0.4, 0.5) is 11.4 Å². The van der Waals surface area contributed by atoms with Crippen molar-refractivity contribution in [1.82, 2.24) is 0 Å². The Kier molecular flexibility index (Phi) is 2.98. The summed E-state index contributed by atoms with van der Waals surface area (Å²) in [6.07, 6.45) is 6.48. The fraction of sp³-hybridized carbons (Fsp3) is 0.533. The van der Waals surface area contributed by atoms with E-state index in [0.29, 0.717) is 12.3 Å². The summed E-state index contributed by atoms with van der Waals surface area (Å²) in [4.78, 5) is 14.3. The number of amides is 1. The maximum atomic E-state index is 12.4. The van der Waals surface area contributed by atoms with Crippen molar-refractivity contribution in [1.29, 1.82) is 0 Å². The molecule has 1 heterocycles. The largest absolute Gasteiger partial charge is 0.398 e. The second kappa shape index (κ2) is 4.63. The Bertz CT molecular complexity index is 466. The summed E-state index contributed by atoms with van der Waals surface area (Å²) in [5.74, 6) is 0.912. The molecule has 1 amide bonds. The van der Waals surface area contributed by atoms with Gasteiger partial charge in [0.05, 0.1) is 0 Å². The molecular formula is C15H20N2O. The molecular weight excluding hydrogens is 224 g/mol. The average molecular weight is 244 g/mol. The van der Waals surface area contributed by atoms with Crippen LogP contribution in [-0.4, -0.2) is 12.5 Å². The molecule has 2 N–H and O–H groups in total. The van der Waals surface area contributed by atoms with Crippen molar-refractivity contribution < 1.29 is 4.79 Å². The lowest BCUT2D eigenvalue weighted by atomic mass is 9.82. The standard InChI is InChI=1S/C15H20N2O/c16-13-7-2-8-14-12(13)6-3-9-17(14)15(18)10-11-4-1-5-11/h2,7-8,11H,1,3-6,9-10,16H2. The first kappa shape index (κ1) is 11.6. The van der Waals surface area contributed by atoms with Gasteiger partial charge >= 0.3 is 0 Å². The Morgan fingerprint density at radius 1 is 1.33 bits per heavy atom. The maximum Gasteiger partial charge on any atom is 0.227 e. The summed E-state index contributed by atoms with van der Waals surface area (Å²) in [6, 6.07) is 5.91. The quantitative estimate of drug-likeness (QED) is 0.813. The molecule has 0 bridgehead atoms. The Labute approximate surface area is 108 Å². The molecule has 0 unspecified atom stereocenters. The van der Waals surface area contributed by atoms with Crippen LogP contribution in [0.25, 0.3) is 0 Å². The van der Waals surface area contributed by atoms with Crippen molar-refractivity contribution >= 4 is 17.3 Å². The van der Waals surface area contributed by atoms with E-state index in [1.807, 2.05) is 23.1 Å². The summed E-state index contributed by atoms with van der Waals surface area (Å²) in [5, 5.41) is 0. The number of benzene rings is 1. The average Bonchev–Trinajstić information content (AvgIpc) is 2.33. The number of fused-ring (bicyclic) bond motifs is 1. The predicted octanol–water partition coefficient (Wildman–Crippen LogP) is 2.74. The molecule has 0 spiro atoms. The van der Waals surface area contributed by atoms with Crippen molar-refractivity contribution in [3.05, 3.63) is 23.8 Å². The van der Waals surface area contributed by atoms with E-state index in [1.165, 1.54) is 19.3 Å². The van der Waals surface area contributed by atoms with E-state index in [1.54, 1.807) is 0 Å². The number of hydrogen-bond donors (Lipinski definition) is 1. The fourth-order valence-electron chi connectivity index (χ4n) is 2.96. The molecule has 18 heavy (non-hydrogen) atoms. The molecule has 1 aliphatic carbocycles. The Balaban J connectivity index is 1.81. The number of rotatable bonds is 2. The van der Waals surface area contributed by atoms with E-state index in [0.717, 1.165) is 36.3 Å². The van der Waals surface area contributed by atoms with Crippen LogP contribution in [-0.2, 0) is 11.2 Å². The van der Waals surface area contributed by atoms with Crippen LogP contribution in [0, 0.1) is 5.92 Å². The lowest BCUT2D eigenvalue weighted by molar-refractivity contribution is -0.120. The number of nitrogens with two attached hydrogens (primary N) is 1. The van der Waals surface area contributed by atoms with Crippen molar-refractivity contribution in [3.63, 3.8) is 0 Å². The van der Waals surface area contributed by atoms with Crippen LogP contribution in [0.15, 0.2) is 18.2 Å². The molecule has 3 rings (SSSR count). The third kappa shape index (κ3) is 1.98. The zero-order chi connectivity index (χ0) is 12.5. The van der Waals surface area contributed by atoms with Crippen LogP contribution in [0.2, 0.25) is 0 Å². The number of nitrogens with zero attached hydrogens (tertiary/aromatic N) is 1. The van der Waals surface area contributed by atoms with E-state index in [2.05, 4.69) is 0 Å². The summed E-state index contributed by atoms with van der Waals surface area (Å²) in [7, 11) is 0. The Morgan fingerprint density at radius 3 is 2.89 bits per heavy atom. The molecule has 1 aliphatic heterocycles. The zero-order valence-electron chi connectivity index (χ0n) is 10.7. The predicted molar refractivity (Wildman–Crippen MR) is 73.5 cm³/mol. The normalized spacial score (nSPS) is 19.2. The molecule has 3 nitrogen and oxygen atoms in total. The summed E-state index contributed by atoms with van der Waals surface area (Å²) < 4.78 is 0.